The molecule has 106 valence electrons. The van der Waals surface area contributed by atoms with Crippen LogP contribution in [0.5, 0.6) is 0 Å². The van der Waals surface area contributed by atoms with Gasteiger partial charge in [-0.2, -0.15) is 0 Å². The summed E-state index contributed by atoms with van der Waals surface area (Å²) < 4.78 is 4.82. The van der Waals surface area contributed by atoms with Crippen molar-refractivity contribution in [2.75, 3.05) is 12.8 Å². The van der Waals surface area contributed by atoms with Crippen molar-refractivity contribution in [2.24, 2.45) is 0 Å². The van der Waals surface area contributed by atoms with Crippen LogP contribution in [-0.4, -0.2) is 13.1 Å². The maximum Gasteiger partial charge on any atom is 0.350 e. The Bertz CT molecular complexity index is 648. The fourth-order valence-corrected chi connectivity index (χ4v) is 5.33. The van der Waals surface area contributed by atoms with Gasteiger partial charge in [0.2, 0.25) is 0 Å². The van der Waals surface area contributed by atoms with E-state index >= 15 is 0 Å². The molecule has 2 N–H and O–H groups in total. The summed E-state index contributed by atoms with van der Waals surface area (Å²) in [4.78, 5) is 16.2. The molecule has 1 aliphatic carbocycles. The monoisotopic (exact) mass is 307 g/mol. The zero-order chi connectivity index (χ0) is 14.3. The van der Waals surface area contributed by atoms with Crippen molar-refractivity contribution in [1.82, 2.24) is 0 Å². The Morgan fingerprint density at radius 3 is 2.85 bits per heavy atom. The standard InChI is InChI=1S/C15H17NO2S2/c1-3-9-12(16)14(15(17)18-2)20-13(9)11-7-8-5-4-6-10(8)19-11/h7H,3-6,16H2,1-2H3. The van der Waals surface area contributed by atoms with Gasteiger partial charge in [-0.25, -0.2) is 4.79 Å². The molecule has 0 unspecified atom stereocenters. The van der Waals surface area contributed by atoms with Gasteiger partial charge in [0.1, 0.15) is 4.88 Å². The quantitative estimate of drug-likeness (QED) is 0.875. The Labute approximate surface area is 126 Å². The van der Waals surface area contributed by atoms with E-state index in [-0.39, 0.29) is 5.97 Å². The Kier molecular flexibility index (Phi) is 3.56. The SMILES string of the molecule is CCc1c(-c2cc3c(s2)CCC3)sc(C(=O)OC)c1N. The number of esters is 1. The van der Waals surface area contributed by atoms with Gasteiger partial charge in [0.05, 0.1) is 17.7 Å². The molecule has 5 heteroatoms. The van der Waals surface area contributed by atoms with Gasteiger partial charge in [-0.1, -0.05) is 6.92 Å². The molecule has 0 aromatic carbocycles. The number of nitrogen functional groups attached to an aromatic ring is 1. The molecule has 0 fully saturated rings. The zero-order valence-corrected chi connectivity index (χ0v) is 13.2. The highest BCUT2D eigenvalue weighted by molar-refractivity contribution is 7.23. The van der Waals surface area contributed by atoms with Gasteiger partial charge in [0.25, 0.3) is 0 Å². The molecule has 3 nitrogen and oxygen atoms in total. The van der Waals surface area contributed by atoms with Crippen molar-refractivity contribution < 1.29 is 9.53 Å². The molecule has 0 saturated heterocycles. The first-order valence-electron chi connectivity index (χ1n) is 6.77. The summed E-state index contributed by atoms with van der Waals surface area (Å²) in [6, 6.07) is 2.28. The van der Waals surface area contributed by atoms with Crippen LogP contribution in [0.3, 0.4) is 0 Å². The summed E-state index contributed by atoms with van der Waals surface area (Å²) in [6.45, 7) is 2.07. The molecule has 0 aliphatic heterocycles. The van der Waals surface area contributed by atoms with Crippen LogP contribution in [0.15, 0.2) is 6.07 Å². The number of fused-ring (bicyclic) bond motifs is 1. The lowest BCUT2D eigenvalue weighted by atomic mass is 10.1. The number of hydrogen-bond acceptors (Lipinski definition) is 5. The fraction of sp³-hybridized carbons (Fsp3) is 0.400. The predicted octanol–water partition coefficient (Wildman–Crippen LogP) is 3.90. The van der Waals surface area contributed by atoms with Crippen LogP contribution in [0.2, 0.25) is 0 Å². The van der Waals surface area contributed by atoms with E-state index in [0.29, 0.717) is 10.6 Å². The van der Waals surface area contributed by atoms with Crippen molar-refractivity contribution in [3.63, 3.8) is 0 Å². The topological polar surface area (TPSA) is 52.3 Å². The van der Waals surface area contributed by atoms with Crippen LogP contribution in [0.25, 0.3) is 9.75 Å². The van der Waals surface area contributed by atoms with Gasteiger partial charge in [-0.15, -0.1) is 22.7 Å². The van der Waals surface area contributed by atoms with E-state index in [1.165, 1.54) is 53.0 Å². The minimum atomic E-state index is -0.336. The average molecular weight is 307 g/mol. The molecule has 2 aromatic rings. The summed E-state index contributed by atoms with van der Waals surface area (Å²) in [7, 11) is 1.40. The van der Waals surface area contributed by atoms with Gasteiger partial charge < -0.3 is 10.5 Å². The molecule has 0 amide bonds. The number of hydrogen-bond donors (Lipinski definition) is 1. The third-order valence-corrected chi connectivity index (χ3v) is 6.39. The van der Waals surface area contributed by atoms with Crippen LogP contribution in [0.1, 0.15) is 39.0 Å². The average Bonchev–Trinajstić information content (AvgIpc) is 3.09. The number of ether oxygens (including phenoxy) is 1. The summed E-state index contributed by atoms with van der Waals surface area (Å²) in [5.41, 5.74) is 9.27. The third-order valence-electron chi connectivity index (χ3n) is 3.74. The van der Waals surface area contributed by atoms with E-state index in [4.69, 9.17) is 10.5 Å². The molecule has 0 saturated carbocycles. The summed E-state index contributed by atoms with van der Waals surface area (Å²) >= 11 is 3.31. The van der Waals surface area contributed by atoms with Crippen LogP contribution >= 0.6 is 22.7 Å². The van der Waals surface area contributed by atoms with Gasteiger partial charge in [-0.05, 0) is 42.9 Å². The van der Waals surface area contributed by atoms with Crippen molar-refractivity contribution in [2.45, 2.75) is 32.6 Å². The van der Waals surface area contributed by atoms with E-state index in [1.54, 1.807) is 0 Å². The van der Waals surface area contributed by atoms with Gasteiger partial charge in [0, 0.05) is 9.75 Å². The Morgan fingerprint density at radius 2 is 2.20 bits per heavy atom. The minimum Gasteiger partial charge on any atom is -0.465 e. The first kappa shape index (κ1) is 13.6. The number of aryl methyl sites for hydroxylation is 2. The number of carbonyl (C=O) groups is 1. The van der Waals surface area contributed by atoms with Crippen molar-refractivity contribution in [3.8, 4) is 9.75 Å². The second-order valence-corrected chi connectivity index (χ2v) is 7.07. The Hall–Kier alpha value is -1.33. The third kappa shape index (κ3) is 2.05. The minimum absolute atomic E-state index is 0.336. The number of rotatable bonds is 3. The Balaban J connectivity index is 2.10. The number of anilines is 1. The highest BCUT2D eigenvalue weighted by Gasteiger charge is 2.24. The lowest BCUT2D eigenvalue weighted by Gasteiger charge is -2.00. The van der Waals surface area contributed by atoms with Crippen LogP contribution in [-0.2, 0) is 24.0 Å². The highest BCUT2D eigenvalue weighted by Crippen LogP contribution is 2.44. The highest BCUT2D eigenvalue weighted by atomic mass is 32.1. The molecule has 0 bridgehead atoms. The smallest absolute Gasteiger partial charge is 0.350 e. The number of thiophene rings is 2. The van der Waals surface area contributed by atoms with E-state index in [0.717, 1.165) is 16.9 Å². The Morgan fingerprint density at radius 1 is 1.40 bits per heavy atom. The van der Waals surface area contributed by atoms with Gasteiger partial charge in [-0.3, -0.25) is 0 Å². The first-order chi connectivity index (χ1) is 9.65. The molecule has 2 aromatic heterocycles. The second kappa shape index (κ2) is 5.22. The molecular formula is C15H17NO2S2. The molecule has 0 radical (unpaired) electrons. The van der Waals surface area contributed by atoms with Crippen LogP contribution in [0, 0.1) is 0 Å². The maximum absolute atomic E-state index is 11.8. The number of nitrogens with two attached hydrogens (primary N) is 1. The molecule has 20 heavy (non-hydrogen) atoms. The maximum atomic E-state index is 11.8. The van der Waals surface area contributed by atoms with Crippen LogP contribution in [0.4, 0.5) is 5.69 Å². The second-order valence-electron chi connectivity index (χ2n) is 4.91. The van der Waals surface area contributed by atoms with Gasteiger partial charge in [0.15, 0.2) is 0 Å². The molecule has 2 heterocycles. The number of carbonyl (C=O) groups excluding carboxylic acids is 1. The lowest BCUT2D eigenvalue weighted by molar-refractivity contribution is 0.0607. The van der Waals surface area contributed by atoms with Crippen molar-refractivity contribution >= 4 is 34.3 Å². The molecular weight excluding hydrogens is 290 g/mol. The zero-order valence-electron chi connectivity index (χ0n) is 11.6. The molecule has 3 rings (SSSR count). The van der Waals surface area contributed by atoms with Crippen LogP contribution < -0.4 is 5.73 Å². The lowest BCUT2D eigenvalue weighted by Crippen LogP contribution is -2.02. The van der Waals surface area contributed by atoms with E-state index in [1.807, 2.05) is 11.3 Å². The number of methoxy groups -OCH3 is 1. The van der Waals surface area contributed by atoms with E-state index in [2.05, 4.69) is 13.0 Å². The normalized spacial score (nSPS) is 13.5. The van der Waals surface area contributed by atoms with Crippen molar-refractivity contribution in [3.05, 3.63) is 26.9 Å². The van der Waals surface area contributed by atoms with E-state index in [9.17, 15) is 4.79 Å². The summed E-state index contributed by atoms with van der Waals surface area (Å²) in [5, 5.41) is 0. The molecule has 0 spiro atoms. The summed E-state index contributed by atoms with van der Waals surface area (Å²) in [6.07, 6.45) is 4.46. The summed E-state index contributed by atoms with van der Waals surface area (Å²) in [5.74, 6) is -0.336. The van der Waals surface area contributed by atoms with Crippen molar-refractivity contribution in [1.29, 1.82) is 0 Å². The predicted molar refractivity (Wildman–Crippen MR) is 84.8 cm³/mol. The van der Waals surface area contributed by atoms with E-state index < -0.39 is 0 Å². The molecule has 1 aliphatic rings. The first-order valence-corrected chi connectivity index (χ1v) is 8.40. The van der Waals surface area contributed by atoms with Gasteiger partial charge >= 0.3 is 5.97 Å². The fourth-order valence-electron chi connectivity index (χ4n) is 2.71. The molecule has 0 atom stereocenters. The largest absolute Gasteiger partial charge is 0.465 e.